The Bertz CT molecular complexity index is 354. The van der Waals surface area contributed by atoms with Crippen molar-refractivity contribution in [3.63, 3.8) is 0 Å². The lowest BCUT2D eigenvalue weighted by molar-refractivity contribution is -0.154. The zero-order valence-electron chi connectivity index (χ0n) is 13.1. The van der Waals surface area contributed by atoms with Gasteiger partial charge in [-0.2, -0.15) is 0 Å². The highest BCUT2D eigenvalue weighted by Gasteiger charge is 2.65. The SMILES string of the molecule is CN1CC(C(C)(C)C)C(C(C)(C)C)C2(CC2)C1=O. The summed E-state index contributed by atoms with van der Waals surface area (Å²) in [5.41, 5.74) is 0.455. The Kier molecular flexibility index (Phi) is 2.89. The topological polar surface area (TPSA) is 20.3 Å². The number of nitrogens with zero attached hydrogens (tertiary/aromatic N) is 1. The predicted molar refractivity (Wildman–Crippen MR) is 75.2 cm³/mol. The van der Waals surface area contributed by atoms with Crippen molar-refractivity contribution in [2.24, 2.45) is 28.1 Å². The maximum atomic E-state index is 12.6. The summed E-state index contributed by atoms with van der Waals surface area (Å²) >= 11 is 0. The molecule has 2 nitrogen and oxygen atoms in total. The monoisotopic (exact) mass is 251 g/mol. The minimum absolute atomic E-state index is 0.0246. The molecule has 1 saturated carbocycles. The van der Waals surface area contributed by atoms with Gasteiger partial charge in [-0.25, -0.2) is 0 Å². The second kappa shape index (κ2) is 3.74. The molecule has 0 N–H and O–H groups in total. The van der Waals surface area contributed by atoms with Gasteiger partial charge in [-0.05, 0) is 35.5 Å². The quantitative estimate of drug-likeness (QED) is 0.644. The first-order valence-corrected chi connectivity index (χ1v) is 7.26. The molecule has 2 aliphatic rings. The van der Waals surface area contributed by atoms with Gasteiger partial charge in [0, 0.05) is 13.6 Å². The molecule has 0 aromatic heterocycles. The van der Waals surface area contributed by atoms with E-state index in [-0.39, 0.29) is 16.2 Å². The van der Waals surface area contributed by atoms with Gasteiger partial charge in [0.05, 0.1) is 5.41 Å². The van der Waals surface area contributed by atoms with Crippen LogP contribution in [0.4, 0.5) is 0 Å². The van der Waals surface area contributed by atoms with Crippen LogP contribution in [-0.2, 0) is 4.79 Å². The Balaban J connectivity index is 2.44. The normalized spacial score (nSPS) is 31.9. The van der Waals surface area contributed by atoms with Gasteiger partial charge in [-0.1, -0.05) is 41.5 Å². The Morgan fingerprint density at radius 3 is 1.89 bits per heavy atom. The van der Waals surface area contributed by atoms with Crippen molar-refractivity contribution in [2.45, 2.75) is 54.4 Å². The van der Waals surface area contributed by atoms with Gasteiger partial charge in [-0.15, -0.1) is 0 Å². The van der Waals surface area contributed by atoms with Crippen LogP contribution < -0.4 is 0 Å². The van der Waals surface area contributed by atoms with Gasteiger partial charge in [0.25, 0.3) is 0 Å². The van der Waals surface area contributed by atoms with Crippen LogP contribution in [0.15, 0.2) is 0 Å². The molecule has 1 saturated heterocycles. The number of likely N-dealkylation sites (tertiary alicyclic amines) is 1. The first-order valence-electron chi connectivity index (χ1n) is 7.26. The fraction of sp³-hybridized carbons (Fsp3) is 0.938. The lowest BCUT2D eigenvalue weighted by atomic mass is 9.56. The summed E-state index contributed by atoms with van der Waals surface area (Å²) in [7, 11) is 1.99. The summed E-state index contributed by atoms with van der Waals surface area (Å²) in [4.78, 5) is 14.6. The van der Waals surface area contributed by atoms with Crippen molar-refractivity contribution in [2.75, 3.05) is 13.6 Å². The largest absolute Gasteiger partial charge is 0.345 e. The van der Waals surface area contributed by atoms with Crippen molar-refractivity contribution >= 4 is 5.91 Å². The summed E-state index contributed by atoms with van der Waals surface area (Å²) < 4.78 is 0. The highest BCUT2D eigenvalue weighted by atomic mass is 16.2. The van der Waals surface area contributed by atoms with Crippen LogP contribution >= 0.6 is 0 Å². The van der Waals surface area contributed by atoms with E-state index in [1.165, 1.54) is 0 Å². The van der Waals surface area contributed by atoms with Crippen molar-refractivity contribution in [1.82, 2.24) is 4.90 Å². The van der Waals surface area contributed by atoms with E-state index in [0.29, 0.717) is 17.7 Å². The third-order valence-corrected chi connectivity index (χ3v) is 5.07. The second-order valence-corrected chi connectivity index (χ2v) is 8.66. The van der Waals surface area contributed by atoms with E-state index in [1.54, 1.807) is 0 Å². The van der Waals surface area contributed by atoms with E-state index in [1.807, 2.05) is 11.9 Å². The number of amides is 1. The van der Waals surface area contributed by atoms with Crippen molar-refractivity contribution in [1.29, 1.82) is 0 Å². The van der Waals surface area contributed by atoms with Crippen molar-refractivity contribution in [3.8, 4) is 0 Å². The van der Waals surface area contributed by atoms with E-state index in [4.69, 9.17) is 0 Å². The first-order chi connectivity index (χ1) is 8.00. The Hall–Kier alpha value is -0.530. The Morgan fingerprint density at radius 1 is 1.06 bits per heavy atom. The second-order valence-electron chi connectivity index (χ2n) is 8.66. The summed E-state index contributed by atoms with van der Waals surface area (Å²) in [5, 5.41) is 0. The van der Waals surface area contributed by atoms with E-state index in [2.05, 4.69) is 41.5 Å². The molecule has 1 aliphatic carbocycles. The van der Waals surface area contributed by atoms with E-state index < -0.39 is 0 Å². The molecule has 2 unspecified atom stereocenters. The molecule has 104 valence electrons. The number of carbonyl (C=O) groups is 1. The number of hydrogen-bond donors (Lipinski definition) is 0. The minimum Gasteiger partial charge on any atom is -0.345 e. The lowest BCUT2D eigenvalue weighted by Crippen LogP contribution is -2.57. The molecule has 2 atom stereocenters. The highest BCUT2D eigenvalue weighted by Crippen LogP contribution is 2.64. The lowest BCUT2D eigenvalue weighted by Gasteiger charge is -2.53. The molecule has 0 radical (unpaired) electrons. The van der Waals surface area contributed by atoms with Crippen LogP contribution in [-0.4, -0.2) is 24.4 Å². The smallest absolute Gasteiger partial charge is 0.228 e. The van der Waals surface area contributed by atoms with Gasteiger partial charge in [0.15, 0.2) is 0 Å². The summed E-state index contributed by atoms with van der Waals surface area (Å²) in [5.74, 6) is 1.53. The van der Waals surface area contributed by atoms with E-state index in [0.717, 1.165) is 19.4 Å². The van der Waals surface area contributed by atoms with E-state index in [9.17, 15) is 4.79 Å². The average Bonchev–Trinajstić information content (AvgIpc) is 2.91. The molecule has 1 heterocycles. The Labute approximate surface area is 112 Å². The van der Waals surface area contributed by atoms with Gasteiger partial charge in [-0.3, -0.25) is 4.79 Å². The fourth-order valence-electron chi connectivity index (χ4n) is 4.25. The van der Waals surface area contributed by atoms with Gasteiger partial charge in [0.2, 0.25) is 5.91 Å². The summed E-state index contributed by atoms with van der Waals surface area (Å²) in [6, 6.07) is 0. The highest BCUT2D eigenvalue weighted by molar-refractivity contribution is 5.86. The molecular weight excluding hydrogens is 222 g/mol. The maximum Gasteiger partial charge on any atom is 0.228 e. The van der Waals surface area contributed by atoms with E-state index >= 15 is 0 Å². The number of carbonyl (C=O) groups excluding carboxylic acids is 1. The zero-order chi connectivity index (χ0) is 13.9. The molecule has 2 fully saturated rings. The van der Waals surface area contributed by atoms with Crippen LogP contribution in [0.1, 0.15) is 54.4 Å². The van der Waals surface area contributed by atoms with Crippen LogP contribution in [0.25, 0.3) is 0 Å². The van der Waals surface area contributed by atoms with Crippen molar-refractivity contribution in [3.05, 3.63) is 0 Å². The zero-order valence-corrected chi connectivity index (χ0v) is 13.1. The van der Waals surface area contributed by atoms with Crippen molar-refractivity contribution < 1.29 is 4.79 Å². The number of hydrogen-bond acceptors (Lipinski definition) is 1. The molecule has 2 rings (SSSR count). The molecule has 1 spiro atoms. The molecular formula is C16H29NO. The number of rotatable bonds is 0. The summed E-state index contributed by atoms with van der Waals surface area (Å²) in [6.07, 6.45) is 2.20. The van der Waals surface area contributed by atoms with Crippen LogP contribution in [0, 0.1) is 28.1 Å². The first kappa shape index (κ1) is 13.9. The molecule has 0 aromatic carbocycles. The van der Waals surface area contributed by atoms with Gasteiger partial charge in [0.1, 0.15) is 0 Å². The number of piperidine rings is 1. The summed E-state index contributed by atoms with van der Waals surface area (Å²) in [6.45, 7) is 14.9. The molecule has 1 amide bonds. The standard InChI is InChI=1S/C16H29NO/c1-14(2,3)11-10-17(7)13(18)16(8-9-16)12(11)15(4,5)6/h11-12H,8-10H2,1-7H3. The molecule has 2 heteroatoms. The third-order valence-electron chi connectivity index (χ3n) is 5.07. The predicted octanol–water partition coefficient (Wildman–Crippen LogP) is 3.56. The molecule has 0 aromatic rings. The van der Waals surface area contributed by atoms with Gasteiger partial charge < -0.3 is 4.90 Å². The van der Waals surface area contributed by atoms with Gasteiger partial charge >= 0.3 is 0 Å². The average molecular weight is 251 g/mol. The maximum absolute atomic E-state index is 12.6. The van der Waals surface area contributed by atoms with Crippen LogP contribution in [0.3, 0.4) is 0 Å². The Morgan fingerprint density at radius 2 is 1.56 bits per heavy atom. The fourth-order valence-corrected chi connectivity index (χ4v) is 4.25. The van der Waals surface area contributed by atoms with Crippen LogP contribution in [0.5, 0.6) is 0 Å². The molecule has 0 bridgehead atoms. The minimum atomic E-state index is -0.0246. The third kappa shape index (κ3) is 1.98. The van der Waals surface area contributed by atoms with Crippen LogP contribution in [0.2, 0.25) is 0 Å². The molecule has 1 aliphatic heterocycles. The molecule has 18 heavy (non-hydrogen) atoms.